The average Bonchev–Trinajstić information content (AvgIpc) is 2.72. The van der Waals surface area contributed by atoms with Crippen LogP contribution in [-0.2, 0) is 4.74 Å². The van der Waals surface area contributed by atoms with Crippen LogP contribution in [0.2, 0.25) is 0 Å². The Balaban J connectivity index is 2.06. The van der Waals surface area contributed by atoms with Gasteiger partial charge in [0.25, 0.3) is 0 Å². The number of furan rings is 1. The predicted octanol–water partition coefficient (Wildman–Crippen LogP) is 4.71. The van der Waals surface area contributed by atoms with Crippen molar-refractivity contribution in [3.8, 4) is 0 Å². The lowest BCUT2D eigenvalue weighted by Crippen LogP contribution is -2.33. The van der Waals surface area contributed by atoms with Gasteiger partial charge in [-0.15, -0.1) is 0 Å². The van der Waals surface area contributed by atoms with Gasteiger partial charge < -0.3 is 9.15 Å². The first-order valence-corrected chi connectivity index (χ1v) is 6.81. The number of nitrogens with zero attached hydrogens (tertiary/aromatic N) is 1. The number of ether oxygens (including phenoxy) is 1. The zero-order valence-corrected chi connectivity index (χ0v) is 12.3. The third-order valence-corrected chi connectivity index (χ3v) is 3.09. The van der Waals surface area contributed by atoms with E-state index in [4.69, 9.17) is 9.15 Å². The molecule has 0 atom stereocenters. The molecule has 0 saturated carbocycles. The van der Waals surface area contributed by atoms with Crippen molar-refractivity contribution in [2.45, 2.75) is 26.4 Å². The normalized spacial score (nSPS) is 14.1. The second-order valence-corrected chi connectivity index (χ2v) is 5.96. The third-order valence-electron chi connectivity index (χ3n) is 3.09. The largest absolute Gasteiger partial charge is 0.471 e. The minimum atomic E-state index is -0.537. The minimum absolute atomic E-state index is 0.397. The van der Waals surface area contributed by atoms with E-state index in [1.807, 2.05) is 51.1 Å². The summed E-state index contributed by atoms with van der Waals surface area (Å²) >= 11 is 0. The van der Waals surface area contributed by atoms with Crippen LogP contribution >= 0.6 is 0 Å². The fourth-order valence-electron chi connectivity index (χ4n) is 2.21. The van der Waals surface area contributed by atoms with Crippen LogP contribution in [0.3, 0.4) is 0 Å². The molecule has 1 aliphatic heterocycles. The molecule has 2 heterocycles. The first-order chi connectivity index (χ1) is 9.94. The highest BCUT2D eigenvalue weighted by atomic mass is 16.6. The first-order valence-electron chi connectivity index (χ1n) is 6.81. The number of hydrogen-bond acceptors (Lipinski definition) is 3. The van der Waals surface area contributed by atoms with Crippen LogP contribution in [0.5, 0.6) is 0 Å². The molecule has 0 N–H and O–H groups in total. The Morgan fingerprint density at radius 2 is 1.86 bits per heavy atom. The van der Waals surface area contributed by atoms with Crippen LogP contribution in [0.15, 0.2) is 47.4 Å². The summed E-state index contributed by atoms with van der Waals surface area (Å²) in [6.45, 7) is 5.56. The van der Waals surface area contributed by atoms with E-state index in [1.165, 1.54) is 4.90 Å². The molecule has 0 spiro atoms. The zero-order valence-electron chi connectivity index (χ0n) is 12.3. The van der Waals surface area contributed by atoms with Gasteiger partial charge in [0, 0.05) is 17.0 Å². The molecule has 0 bridgehead atoms. The molecular weight excluding hydrogens is 266 g/mol. The molecule has 4 nitrogen and oxygen atoms in total. The molecule has 108 valence electrons. The van der Waals surface area contributed by atoms with Gasteiger partial charge in [0.2, 0.25) is 0 Å². The quantitative estimate of drug-likeness (QED) is 0.703. The summed E-state index contributed by atoms with van der Waals surface area (Å²) in [5.41, 5.74) is 1.19. The monoisotopic (exact) mass is 283 g/mol. The Kier molecular flexibility index (Phi) is 3.09. The minimum Gasteiger partial charge on any atom is -0.471 e. The maximum absolute atomic E-state index is 12.4. The molecule has 3 rings (SSSR count). The molecule has 0 fully saturated rings. The molecule has 1 aromatic carbocycles. The molecule has 0 saturated heterocycles. The van der Waals surface area contributed by atoms with Crippen molar-refractivity contribution in [3.63, 3.8) is 0 Å². The molecule has 4 heteroatoms. The van der Waals surface area contributed by atoms with Crippen LogP contribution in [0.1, 0.15) is 26.3 Å². The molecule has 0 unspecified atom stereocenters. The summed E-state index contributed by atoms with van der Waals surface area (Å²) in [5.74, 6) is 0. The molecule has 1 aliphatic rings. The maximum Gasteiger partial charge on any atom is 0.418 e. The lowest BCUT2D eigenvalue weighted by molar-refractivity contribution is 0.0596. The molecule has 1 amide bonds. The number of allylic oxidation sites excluding steroid dienone is 2. The predicted molar refractivity (Wildman–Crippen MR) is 83.1 cm³/mol. The number of anilines is 1. The Labute approximate surface area is 123 Å². The molecular formula is C17H17NO3. The topological polar surface area (TPSA) is 42.7 Å². The van der Waals surface area contributed by atoms with Crippen molar-refractivity contribution < 1.29 is 13.9 Å². The standard InChI is InChI=1S/C17H17NO3/c1-17(2,3)21-16(19)18-7-5-4-6-12-8-13-10-20-11-14(13)9-15(12)18/h4-11H,1-3H3. The smallest absolute Gasteiger partial charge is 0.418 e. The van der Waals surface area contributed by atoms with Crippen LogP contribution in [-0.4, -0.2) is 11.7 Å². The van der Waals surface area contributed by atoms with E-state index in [-0.39, 0.29) is 0 Å². The van der Waals surface area contributed by atoms with E-state index in [2.05, 4.69) is 0 Å². The van der Waals surface area contributed by atoms with Gasteiger partial charge in [-0.1, -0.05) is 12.2 Å². The van der Waals surface area contributed by atoms with E-state index in [1.54, 1.807) is 18.7 Å². The number of benzene rings is 1. The van der Waals surface area contributed by atoms with Gasteiger partial charge in [0.05, 0.1) is 18.2 Å². The van der Waals surface area contributed by atoms with E-state index >= 15 is 0 Å². The SMILES string of the molecule is CC(C)(C)OC(=O)N1C=CC=Cc2cc3cocc3cc21. The number of carbonyl (C=O) groups is 1. The number of amides is 1. The lowest BCUT2D eigenvalue weighted by Gasteiger charge is -2.25. The van der Waals surface area contributed by atoms with Crippen molar-refractivity contribution >= 4 is 28.6 Å². The Morgan fingerprint density at radius 1 is 1.14 bits per heavy atom. The van der Waals surface area contributed by atoms with Gasteiger partial charge in [-0.05, 0) is 44.5 Å². The molecule has 0 radical (unpaired) electrons. The highest BCUT2D eigenvalue weighted by Crippen LogP contribution is 2.31. The van der Waals surface area contributed by atoms with E-state index in [9.17, 15) is 4.79 Å². The number of carbonyl (C=O) groups excluding carboxylic acids is 1. The van der Waals surface area contributed by atoms with Crippen molar-refractivity contribution in [2.75, 3.05) is 4.90 Å². The Morgan fingerprint density at radius 3 is 2.57 bits per heavy atom. The average molecular weight is 283 g/mol. The van der Waals surface area contributed by atoms with Gasteiger partial charge in [0.1, 0.15) is 5.60 Å². The molecule has 0 aliphatic carbocycles. The van der Waals surface area contributed by atoms with Crippen molar-refractivity contribution in [1.29, 1.82) is 0 Å². The molecule has 1 aromatic heterocycles. The lowest BCUT2D eigenvalue weighted by atomic mass is 10.1. The first kappa shape index (κ1) is 13.5. The van der Waals surface area contributed by atoms with Crippen LogP contribution in [0.4, 0.5) is 10.5 Å². The summed E-state index contributed by atoms with van der Waals surface area (Å²) < 4.78 is 10.7. The second kappa shape index (κ2) is 4.81. The van der Waals surface area contributed by atoms with E-state index in [0.29, 0.717) is 0 Å². The van der Waals surface area contributed by atoms with Crippen LogP contribution < -0.4 is 4.90 Å². The van der Waals surface area contributed by atoms with E-state index < -0.39 is 11.7 Å². The van der Waals surface area contributed by atoms with Gasteiger partial charge in [-0.2, -0.15) is 0 Å². The Bertz CT molecular complexity index is 747. The summed E-state index contributed by atoms with van der Waals surface area (Å²) in [6.07, 6.45) is 10.4. The van der Waals surface area contributed by atoms with Gasteiger partial charge in [-0.25, -0.2) is 4.79 Å². The number of hydrogen-bond donors (Lipinski definition) is 0. The summed E-state index contributed by atoms with van der Waals surface area (Å²) in [7, 11) is 0. The molecule has 2 aromatic rings. The second-order valence-electron chi connectivity index (χ2n) is 5.96. The summed E-state index contributed by atoms with van der Waals surface area (Å²) in [4.78, 5) is 13.9. The summed E-state index contributed by atoms with van der Waals surface area (Å²) in [6, 6.07) is 3.92. The molecule has 21 heavy (non-hydrogen) atoms. The van der Waals surface area contributed by atoms with Gasteiger partial charge in [-0.3, -0.25) is 4.90 Å². The zero-order chi connectivity index (χ0) is 15.0. The fraction of sp³-hybridized carbons (Fsp3) is 0.235. The van der Waals surface area contributed by atoms with Gasteiger partial charge >= 0.3 is 6.09 Å². The van der Waals surface area contributed by atoms with Crippen molar-refractivity contribution in [3.05, 3.63) is 48.6 Å². The van der Waals surface area contributed by atoms with Crippen molar-refractivity contribution in [1.82, 2.24) is 0 Å². The van der Waals surface area contributed by atoms with E-state index in [0.717, 1.165) is 22.0 Å². The Hall–Kier alpha value is -2.49. The highest BCUT2D eigenvalue weighted by Gasteiger charge is 2.24. The van der Waals surface area contributed by atoms with Crippen molar-refractivity contribution in [2.24, 2.45) is 0 Å². The maximum atomic E-state index is 12.4. The van der Waals surface area contributed by atoms with Gasteiger partial charge in [0.15, 0.2) is 0 Å². The summed E-state index contributed by atoms with van der Waals surface area (Å²) in [5, 5.41) is 1.95. The highest BCUT2D eigenvalue weighted by molar-refractivity contribution is 5.98. The number of rotatable bonds is 0. The van der Waals surface area contributed by atoms with Crippen LogP contribution in [0, 0.1) is 0 Å². The fourth-order valence-corrected chi connectivity index (χ4v) is 2.21. The number of fused-ring (bicyclic) bond motifs is 2. The van der Waals surface area contributed by atoms with Crippen LogP contribution in [0.25, 0.3) is 16.8 Å². The third kappa shape index (κ3) is 2.70.